The highest BCUT2D eigenvalue weighted by Gasteiger charge is 2.13. The highest BCUT2D eigenvalue weighted by molar-refractivity contribution is 7.85. The molecule has 5 nitrogen and oxygen atoms in total. The van der Waals surface area contributed by atoms with Gasteiger partial charge in [-0.1, -0.05) is 0 Å². The molecule has 24 heavy (non-hydrogen) atoms. The molecule has 0 fully saturated rings. The Kier molecular flexibility index (Phi) is 4.47. The molecule has 0 saturated heterocycles. The molecule has 1 heterocycles. The van der Waals surface area contributed by atoms with Crippen LogP contribution in [0.2, 0.25) is 0 Å². The lowest BCUT2D eigenvalue weighted by molar-refractivity contribution is 0.415. The van der Waals surface area contributed by atoms with E-state index in [1.165, 1.54) is 12.1 Å². The second-order valence-electron chi connectivity index (χ2n) is 5.69. The van der Waals surface area contributed by atoms with Gasteiger partial charge in [-0.2, -0.15) is 8.42 Å². The summed E-state index contributed by atoms with van der Waals surface area (Å²) in [5.74, 6) is 0.125. The van der Waals surface area contributed by atoms with Gasteiger partial charge in [0.25, 0.3) is 10.1 Å². The number of halogens is 1. The number of benzene rings is 2. The molecule has 0 aliphatic heterocycles. The molecule has 0 aliphatic rings. The van der Waals surface area contributed by atoms with Gasteiger partial charge in [0.15, 0.2) is 0 Å². The SMILES string of the molecule is COc1ccc2c(c1)c1cc(F)ccc1n2CCCCS(=O)(=O)O. The number of rotatable bonds is 6. The fraction of sp³-hybridized carbons (Fsp3) is 0.294. The number of hydrogen-bond donors (Lipinski definition) is 1. The van der Waals surface area contributed by atoms with Crippen molar-refractivity contribution in [3.63, 3.8) is 0 Å². The predicted octanol–water partition coefficient (Wildman–Crippen LogP) is 3.61. The van der Waals surface area contributed by atoms with Gasteiger partial charge >= 0.3 is 0 Å². The molecule has 2 aromatic carbocycles. The Morgan fingerprint density at radius 2 is 1.75 bits per heavy atom. The minimum Gasteiger partial charge on any atom is -0.497 e. The summed E-state index contributed by atoms with van der Waals surface area (Å²) < 4.78 is 51.4. The summed E-state index contributed by atoms with van der Waals surface area (Å²) in [6, 6.07) is 10.2. The summed E-state index contributed by atoms with van der Waals surface area (Å²) in [7, 11) is -2.36. The topological polar surface area (TPSA) is 68.5 Å². The quantitative estimate of drug-likeness (QED) is 0.544. The first-order chi connectivity index (χ1) is 11.4. The van der Waals surface area contributed by atoms with Gasteiger partial charge in [-0.3, -0.25) is 4.55 Å². The monoisotopic (exact) mass is 351 g/mol. The molecule has 1 aromatic heterocycles. The van der Waals surface area contributed by atoms with E-state index in [2.05, 4.69) is 0 Å². The molecule has 0 unspecified atom stereocenters. The van der Waals surface area contributed by atoms with Gasteiger partial charge in [0.1, 0.15) is 11.6 Å². The zero-order valence-corrected chi connectivity index (χ0v) is 14.0. The van der Waals surface area contributed by atoms with Gasteiger partial charge in [-0.15, -0.1) is 0 Å². The third kappa shape index (κ3) is 3.37. The number of aryl methyl sites for hydroxylation is 1. The van der Waals surface area contributed by atoms with Gasteiger partial charge in [0.05, 0.1) is 12.9 Å². The van der Waals surface area contributed by atoms with Gasteiger partial charge in [-0.25, -0.2) is 4.39 Å². The van der Waals surface area contributed by atoms with Crippen molar-refractivity contribution in [2.24, 2.45) is 0 Å². The number of unbranched alkanes of at least 4 members (excludes halogenated alkanes) is 1. The molecule has 1 N–H and O–H groups in total. The molecule has 0 bridgehead atoms. The number of hydrogen-bond acceptors (Lipinski definition) is 3. The van der Waals surface area contributed by atoms with E-state index in [0.29, 0.717) is 25.1 Å². The maximum absolute atomic E-state index is 13.7. The number of aromatic nitrogens is 1. The van der Waals surface area contributed by atoms with E-state index in [1.807, 2.05) is 22.8 Å². The van der Waals surface area contributed by atoms with Crippen LogP contribution in [0.25, 0.3) is 21.8 Å². The van der Waals surface area contributed by atoms with Crippen LogP contribution in [-0.4, -0.2) is 30.4 Å². The lowest BCUT2D eigenvalue weighted by atomic mass is 10.1. The van der Waals surface area contributed by atoms with Crippen LogP contribution in [0.5, 0.6) is 5.75 Å². The number of methoxy groups -OCH3 is 1. The van der Waals surface area contributed by atoms with E-state index in [4.69, 9.17) is 9.29 Å². The van der Waals surface area contributed by atoms with E-state index in [0.717, 1.165) is 21.8 Å². The molecule has 0 atom stereocenters. The Balaban J connectivity index is 2.01. The van der Waals surface area contributed by atoms with E-state index < -0.39 is 10.1 Å². The molecule has 0 amide bonds. The smallest absolute Gasteiger partial charge is 0.264 e. The predicted molar refractivity (Wildman–Crippen MR) is 91.6 cm³/mol. The largest absolute Gasteiger partial charge is 0.497 e. The third-order valence-corrected chi connectivity index (χ3v) is 4.87. The van der Waals surface area contributed by atoms with Crippen LogP contribution in [0.4, 0.5) is 4.39 Å². The van der Waals surface area contributed by atoms with Crippen molar-refractivity contribution in [2.45, 2.75) is 19.4 Å². The van der Waals surface area contributed by atoms with Crippen LogP contribution in [0.15, 0.2) is 36.4 Å². The van der Waals surface area contributed by atoms with Crippen LogP contribution >= 0.6 is 0 Å². The Labute approximate surface area is 139 Å². The van der Waals surface area contributed by atoms with Crippen LogP contribution < -0.4 is 4.74 Å². The van der Waals surface area contributed by atoms with Crippen molar-refractivity contribution in [3.05, 3.63) is 42.2 Å². The standard InChI is InChI=1S/C17H18FNO4S/c1-23-13-5-7-17-15(11-13)14-10-12(18)4-6-16(14)19(17)8-2-3-9-24(20,21)22/h4-7,10-11H,2-3,8-9H2,1H3,(H,20,21,22). The van der Waals surface area contributed by atoms with Gasteiger partial charge < -0.3 is 9.30 Å². The Bertz CT molecular complexity index is 995. The zero-order valence-electron chi connectivity index (χ0n) is 13.2. The summed E-state index contributed by atoms with van der Waals surface area (Å²) in [5.41, 5.74) is 1.81. The van der Waals surface area contributed by atoms with Crippen molar-refractivity contribution >= 4 is 31.9 Å². The van der Waals surface area contributed by atoms with E-state index in [9.17, 15) is 12.8 Å². The van der Waals surface area contributed by atoms with Crippen LogP contribution in [0.1, 0.15) is 12.8 Å². The normalized spacial score (nSPS) is 12.1. The third-order valence-electron chi connectivity index (χ3n) is 4.07. The van der Waals surface area contributed by atoms with Gasteiger partial charge in [0, 0.05) is 28.4 Å². The second kappa shape index (κ2) is 6.41. The molecule has 3 rings (SSSR count). The molecule has 7 heteroatoms. The minimum atomic E-state index is -3.94. The van der Waals surface area contributed by atoms with E-state index in [1.54, 1.807) is 13.2 Å². The summed E-state index contributed by atoms with van der Waals surface area (Å²) in [6.07, 6.45) is 0.944. The highest BCUT2D eigenvalue weighted by Crippen LogP contribution is 2.32. The Hall–Kier alpha value is -2.12. The van der Waals surface area contributed by atoms with Crippen LogP contribution in [0.3, 0.4) is 0 Å². The van der Waals surface area contributed by atoms with Crippen molar-refractivity contribution in [2.75, 3.05) is 12.9 Å². The minimum absolute atomic E-state index is 0.257. The Morgan fingerprint density at radius 3 is 2.42 bits per heavy atom. The van der Waals surface area contributed by atoms with Crippen molar-refractivity contribution in [1.82, 2.24) is 4.57 Å². The molecular weight excluding hydrogens is 333 g/mol. The number of ether oxygens (including phenoxy) is 1. The fourth-order valence-electron chi connectivity index (χ4n) is 2.98. The summed E-state index contributed by atoms with van der Waals surface area (Å²) in [6.45, 7) is 0.577. The molecule has 3 aromatic rings. The molecule has 0 radical (unpaired) electrons. The van der Waals surface area contributed by atoms with Gasteiger partial charge in [0.2, 0.25) is 0 Å². The summed E-state index contributed by atoms with van der Waals surface area (Å²) in [4.78, 5) is 0. The maximum atomic E-state index is 13.7. The van der Waals surface area contributed by atoms with E-state index in [-0.39, 0.29) is 11.6 Å². The highest BCUT2D eigenvalue weighted by atomic mass is 32.2. The van der Waals surface area contributed by atoms with Crippen molar-refractivity contribution in [3.8, 4) is 5.75 Å². The number of nitrogens with zero attached hydrogens (tertiary/aromatic N) is 1. The maximum Gasteiger partial charge on any atom is 0.264 e. The average molecular weight is 351 g/mol. The first kappa shape index (κ1) is 16.7. The first-order valence-electron chi connectivity index (χ1n) is 7.60. The van der Waals surface area contributed by atoms with Crippen molar-refractivity contribution < 1.29 is 22.1 Å². The zero-order chi connectivity index (χ0) is 17.3. The van der Waals surface area contributed by atoms with E-state index >= 15 is 0 Å². The second-order valence-corrected chi connectivity index (χ2v) is 7.26. The van der Waals surface area contributed by atoms with Gasteiger partial charge in [-0.05, 0) is 49.2 Å². The molecule has 0 saturated carbocycles. The van der Waals surface area contributed by atoms with Crippen LogP contribution in [-0.2, 0) is 16.7 Å². The Morgan fingerprint density at radius 1 is 1.08 bits per heavy atom. The molecule has 0 spiro atoms. The summed E-state index contributed by atoms with van der Waals surface area (Å²) in [5, 5.41) is 1.68. The lowest BCUT2D eigenvalue weighted by Crippen LogP contribution is -2.05. The summed E-state index contributed by atoms with van der Waals surface area (Å²) >= 11 is 0. The fourth-order valence-corrected chi connectivity index (χ4v) is 3.55. The van der Waals surface area contributed by atoms with Crippen LogP contribution in [0, 0.1) is 5.82 Å². The van der Waals surface area contributed by atoms with Crippen molar-refractivity contribution in [1.29, 1.82) is 0 Å². The first-order valence-corrected chi connectivity index (χ1v) is 9.20. The average Bonchev–Trinajstić information content (AvgIpc) is 2.83. The molecular formula is C17H18FNO4S. The molecule has 0 aliphatic carbocycles. The molecule has 128 valence electrons. The number of fused-ring (bicyclic) bond motifs is 3. The lowest BCUT2D eigenvalue weighted by Gasteiger charge is -2.07.